The maximum Gasteiger partial charge on any atom is 0.573 e. The number of hydrogen-bond donors (Lipinski definition) is 3. The topological polar surface area (TPSA) is 99.9 Å². The molecule has 0 aliphatic carbocycles. The largest absolute Gasteiger partial charge is 0.573 e. The Bertz CT molecular complexity index is 1010. The van der Waals surface area contributed by atoms with Crippen molar-refractivity contribution in [2.24, 2.45) is 0 Å². The number of ether oxygens (including phenoxy) is 1. The number of anilines is 1. The summed E-state index contributed by atoms with van der Waals surface area (Å²) in [5, 5.41) is 0.478. The molecular weight excluding hydrogens is 361 g/mol. The van der Waals surface area contributed by atoms with E-state index in [4.69, 9.17) is 0 Å². The monoisotopic (exact) mass is 370 g/mol. The minimum atomic E-state index is -4.74. The van der Waals surface area contributed by atoms with Gasteiger partial charge in [-0.25, -0.2) is 4.98 Å². The molecule has 130 valence electrons. The number of H-pyrrole nitrogens is 2. The van der Waals surface area contributed by atoms with E-state index < -0.39 is 17.5 Å². The summed E-state index contributed by atoms with van der Waals surface area (Å²) in [6.45, 7) is 0. The number of aromatic amines is 2. The fourth-order valence-electron chi connectivity index (χ4n) is 1.87. The lowest BCUT2D eigenvalue weighted by Crippen LogP contribution is -2.29. The highest BCUT2D eigenvalue weighted by Crippen LogP contribution is 2.26. The number of pyridine rings is 1. The van der Waals surface area contributed by atoms with E-state index in [0.717, 1.165) is 11.9 Å². The smallest absolute Gasteiger partial charge is 0.406 e. The molecule has 0 spiro atoms. The minimum absolute atomic E-state index is 0.213. The molecule has 0 unspecified atom stereocenters. The Labute approximate surface area is 141 Å². The second-order valence-electron chi connectivity index (χ2n) is 4.73. The molecule has 0 saturated carbocycles. The van der Waals surface area contributed by atoms with Gasteiger partial charge in [0.15, 0.2) is 5.65 Å². The van der Waals surface area contributed by atoms with Crippen LogP contribution in [0.4, 0.5) is 18.9 Å². The van der Waals surface area contributed by atoms with E-state index in [1.165, 1.54) is 24.3 Å². The number of rotatable bonds is 4. The molecule has 0 fully saturated rings. The van der Waals surface area contributed by atoms with Crippen molar-refractivity contribution in [1.82, 2.24) is 15.0 Å². The molecular formula is C14H9F3N4O3S. The third-order valence-corrected chi connectivity index (χ3v) is 3.69. The molecule has 0 aliphatic rings. The van der Waals surface area contributed by atoms with Gasteiger partial charge in [-0.05, 0) is 36.4 Å². The summed E-state index contributed by atoms with van der Waals surface area (Å²) >= 11 is 1.08. The van der Waals surface area contributed by atoms with Crippen molar-refractivity contribution in [2.75, 3.05) is 4.72 Å². The summed E-state index contributed by atoms with van der Waals surface area (Å²) in [5.74, 6) is -0.326. The van der Waals surface area contributed by atoms with E-state index in [1.807, 2.05) is 0 Å². The first-order valence-corrected chi connectivity index (χ1v) is 7.54. The van der Waals surface area contributed by atoms with E-state index in [-0.39, 0.29) is 11.4 Å². The van der Waals surface area contributed by atoms with E-state index in [0.29, 0.717) is 16.2 Å². The zero-order chi connectivity index (χ0) is 18.0. The van der Waals surface area contributed by atoms with Gasteiger partial charge in [0.05, 0.1) is 5.52 Å². The summed E-state index contributed by atoms with van der Waals surface area (Å²) in [6.07, 6.45) is -4.74. The maximum atomic E-state index is 12.1. The Kier molecular flexibility index (Phi) is 4.40. The molecule has 3 aromatic rings. The SMILES string of the molecule is O=c1[nH]c2ccc(SNc3ccc(OC(F)(F)F)cc3)nc2[nH]c1=O. The molecule has 1 aromatic carbocycles. The summed E-state index contributed by atoms with van der Waals surface area (Å²) in [5.41, 5.74) is -0.464. The van der Waals surface area contributed by atoms with Gasteiger partial charge in [0, 0.05) is 17.6 Å². The van der Waals surface area contributed by atoms with Gasteiger partial charge in [-0.2, -0.15) is 0 Å². The lowest BCUT2D eigenvalue weighted by atomic mass is 10.3. The second-order valence-corrected chi connectivity index (χ2v) is 5.56. The molecule has 25 heavy (non-hydrogen) atoms. The van der Waals surface area contributed by atoms with Crippen LogP contribution in [0.1, 0.15) is 0 Å². The molecule has 7 nitrogen and oxygen atoms in total. The van der Waals surface area contributed by atoms with Crippen LogP contribution in [-0.4, -0.2) is 21.3 Å². The van der Waals surface area contributed by atoms with Crippen LogP contribution in [0.5, 0.6) is 5.75 Å². The Balaban J connectivity index is 1.71. The van der Waals surface area contributed by atoms with E-state index in [1.54, 1.807) is 12.1 Å². The number of alkyl halides is 3. The predicted molar refractivity (Wildman–Crippen MR) is 85.6 cm³/mol. The standard InChI is InChI=1S/C14H9F3N4O3S/c15-14(16,17)24-8-3-1-7(2-4-8)21-25-10-6-5-9-11(19-10)20-13(23)12(22)18-9/h1-6,21H,(H,18,22)(H,19,20,23). The lowest BCUT2D eigenvalue weighted by Gasteiger charge is -2.10. The fraction of sp³-hybridized carbons (Fsp3) is 0.0714. The summed E-state index contributed by atoms with van der Waals surface area (Å²) in [4.78, 5) is 31.4. The number of nitrogens with one attached hydrogen (secondary N) is 3. The molecule has 0 atom stereocenters. The Morgan fingerprint density at radius 2 is 1.68 bits per heavy atom. The van der Waals surface area contributed by atoms with Crippen LogP contribution in [0.3, 0.4) is 0 Å². The van der Waals surface area contributed by atoms with Crippen molar-refractivity contribution in [1.29, 1.82) is 0 Å². The number of nitrogens with zero attached hydrogens (tertiary/aromatic N) is 1. The number of hydrogen-bond acceptors (Lipinski definition) is 6. The second kappa shape index (κ2) is 6.51. The summed E-state index contributed by atoms with van der Waals surface area (Å²) in [6, 6.07) is 8.35. The molecule has 3 rings (SSSR count). The molecule has 2 aromatic heterocycles. The van der Waals surface area contributed by atoms with Crippen LogP contribution in [-0.2, 0) is 0 Å². The van der Waals surface area contributed by atoms with Gasteiger partial charge in [0.1, 0.15) is 10.8 Å². The van der Waals surface area contributed by atoms with Gasteiger partial charge < -0.3 is 19.4 Å². The van der Waals surface area contributed by atoms with Crippen LogP contribution in [0, 0.1) is 0 Å². The fourth-order valence-corrected chi connectivity index (χ4v) is 2.50. The zero-order valence-electron chi connectivity index (χ0n) is 12.2. The normalized spacial score (nSPS) is 11.5. The van der Waals surface area contributed by atoms with Crippen LogP contribution in [0.15, 0.2) is 51.0 Å². The number of halogens is 3. The number of benzene rings is 1. The van der Waals surface area contributed by atoms with Crippen molar-refractivity contribution in [3.05, 3.63) is 57.1 Å². The third kappa shape index (κ3) is 4.32. The van der Waals surface area contributed by atoms with Crippen molar-refractivity contribution in [3.8, 4) is 5.75 Å². The van der Waals surface area contributed by atoms with E-state index >= 15 is 0 Å². The Morgan fingerprint density at radius 1 is 1.00 bits per heavy atom. The van der Waals surface area contributed by atoms with Crippen molar-refractivity contribution >= 4 is 28.8 Å². The minimum Gasteiger partial charge on any atom is -0.406 e. The van der Waals surface area contributed by atoms with Crippen LogP contribution in [0.2, 0.25) is 0 Å². The maximum absolute atomic E-state index is 12.1. The van der Waals surface area contributed by atoms with Crippen molar-refractivity contribution < 1.29 is 17.9 Å². The quantitative estimate of drug-likeness (QED) is 0.482. The molecule has 0 saturated heterocycles. The molecule has 3 N–H and O–H groups in total. The lowest BCUT2D eigenvalue weighted by molar-refractivity contribution is -0.274. The third-order valence-electron chi connectivity index (χ3n) is 2.92. The van der Waals surface area contributed by atoms with Gasteiger partial charge in [0.2, 0.25) is 0 Å². The zero-order valence-corrected chi connectivity index (χ0v) is 13.0. The van der Waals surface area contributed by atoms with Crippen molar-refractivity contribution in [2.45, 2.75) is 11.4 Å². The average Bonchev–Trinajstić information content (AvgIpc) is 2.54. The van der Waals surface area contributed by atoms with Crippen molar-refractivity contribution in [3.63, 3.8) is 0 Å². The Morgan fingerprint density at radius 3 is 2.36 bits per heavy atom. The average molecular weight is 370 g/mol. The highest BCUT2D eigenvalue weighted by molar-refractivity contribution is 8.00. The first-order chi connectivity index (χ1) is 11.8. The molecule has 2 heterocycles. The summed E-state index contributed by atoms with van der Waals surface area (Å²) in [7, 11) is 0. The summed E-state index contributed by atoms with van der Waals surface area (Å²) < 4.78 is 43.0. The van der Waals surface area contributed by atoms with Gasteiger partial charge in [-0.15, -0.1) is 13.2 Å². The number of aromatic nitrogens is 3. The highest BCUT2D eigenvalue weighted by Gasteiger charge is 2.30. The molecule has 0 amide bonds. The predicted octanol–water partition coefficient (Wildman–Crippen LogP) is 2.63. The molecule has 11 heteroatoms. The van der Waals surface area contributed by atoms with E-state index in [9.17, 15) is 22.8 Å². The molecule has 0 aliphatic heterocycles. The first-order valence-electron chi connectivity index (χ1n) is 6.72. The van der Waals surface area contributed by atoms with Crippen LogP contribution < -0.4 is 20.6 Å². The van der Waals surface area contributed by atoms with Crippen LogP contribution in [0.25, 0.3) is 11.2 Å². The number of fused-ring (bicyclic) bond motifs is 1. The van der Waals surface area contributed by atoms with Gasteiger partial charge >= 0.3 is 17.5 Å². The van der Waals surface area contributed by atoms with Gasteiger partial charge in [-0.1, -0.05) is 0 Å². The van der Waals surface area contributed by atoms with Gasteiger partial charge in [-0.3, -0.25) is 9.59 Å². The van der Waals surface area contributed by atoms with E-state index in [2.05, 4.69) is 24.4 Å². The highest BCUT2D eigenvalue weighted by atomic mass is 32.2. The van der Waals surface area contributed by atoms with Gasteiger partial charge in [0.25, 0.3) is 0 Å². The molecule has 0 bridgehead atoms. The molecule has 0 radical (unpaired) electrons. The first kappa shape index (κ1) is 16.9. The Hall–Kier alpha value is -2.95. The van der Waals surface area contributed by atoms with Crippen LogP contribution >= 0.6 is 11.9 Å².